The Bertz CT molecular complexity index is 458. The van der Waals surface area contributed by atoms with E-state index in [0.29, 0.717) is 11.4 Å². The number of anilines is 1. The maximum absolute atomic E-state index is 11.5. The third kappa shape index (κ3) is 3.55. The average Bonchev–Trinajstić information content (AvgIpc) is 2.37. The number of methoxy groups -OCH3 is 1. The Balaban J connectivity index is 3.13. The van der Waals surface area contributed by atoms with Crippen LogP contribution in [-0.2, 0) is 4.74 Å². The van der Waals surface area contributed by atoms with E-state index < -0.39 is 5.97 Å². The van der Waals surface area contributed by atoms with Crippen molar-refractivity contribution in [1.29, 1.82) is 0 Å². The number of carbonyl (C=O) groups is 2. The molecule has 0 bridgehead atoms. The molecule has 0 unspecified atom stereocenters. The zero-order valence-corrected chi connectivity index (χ0v) is 11.1. The Morgan fingerprint density at radius 3 is 2.61 bits per heavy atom. The van der Waals surface area contributed by atoms with Crippen molar-refractivity contribution in [3.05, 3.63) is 23.4 Å². The molecule has 18 heavy (non-hydrogen) atoms. The summed E-state index contributed by atoms with van der Waals surface area (Å²) in [4.78, 5) is 27.0. The Morgan fingerprint density at radius 2 is 2.11 bits per heavy atom. The quantitative estimate of drug-likeness (QED) is 0.641. The summed E-state index contributed by atoms with van der Waals surface area (Å²) >= 11 is 0. The largest absolute Gasteiger partial charge is 0.465 e. The topological polar surface area (TPSA) is 68.3 Å². The smallest absolute Gasteiger partial charge is 0.338 e. The van der Waals surface area contributed by atoms with Gasteiger partial charge in [-0.1, -0.05) is 6.92 Å². The zero-order valence-electron chi connectivity index (χ0n) is 11.1. The molecule has 0 fully saturated rings. The van der Waals surface area contributed by atoms with Crippen LogP contribution >= 0.6 is 0 Å². The van der Waals surface area contributed by atoms with Crippen LogP contribution in [0.1, 0.15) is 48.0 Å². The maximum atomic E-state index is 11.5. The van der Waals surface area contributed by atoms with Crippen molar-refractivity contribution in [2.45, 2.75) is 33.2 Å². The van der Waals surface area contributed by atoms with Crippen molar-refractivity contribution < 1.29 is 14.3 Å². The van der Waals surface area contributed by atoms with Gasteiger partial charge >= 0.3 is 5.97 Å². The second-order valence-corrected chi connectivity index (χ2v) is 4.13. The molecule has 0 aliphatic rings. The first-order valence-electron chi connectivity index (χ1n) is 5.85. The Hall–Kier alpha value is -1.91. The number of hydrogen-bond donors (Lipinski definition) is 1. The van der Waals surface area contributed by atoms with E-state index in [2.05, 4.69) is 15.0 Å². The molecule has 0 saturated heterocycles. The first-order valence-corrected chi connectivity index (χ1v) is 5.85. The Kier molecular flexibility index (Phi) is 4.83. The van der Waals surface area contributed by atoms with Gasteiger partial charge in [0.25, 0.3) is 0 Å². The number of aromatic nitrogens is 1. The lowest BCUT2D eigenvalue weighted by Gasteiger charge is -2.13. The molecular formula is C13H18N2O3. The van der Waals surface area contributed by atoms with Gasteiger partial charge in [0.2, 0.25) is 0 Å². The molecule has 5 heteroatoms. The van der Waals surface area contributed by atoms with E-state index in [-0.39, 0.29) is 17.5 Å². The SMILES string of the molecule is CC[C@H](C)Nc1cc(C(=O)OC)cc(C(C)=O)n1. The Morgan fingerprint density at radius 1 is 1.44 bits per heavy atom. The minimum atomic E-state index is -0.480. The number of nitrogens with zero attached hydrogens (tertiary/aromatic N) is 1. The van der Waals surface area contributed by atoms with Crippen LogP contribution in [0, 0.1) is 0 Å². The van der Waals surface area contributed by atoms with Gasteiger partial charge in [0, 0.05) is 13.0 Å². The highest BCUT2D eigenvalue weighted by molar-refractivity contribution is 5.97. The monoisotopic (exact) mass is 250 g/mol. The number of hydrogen-bond acceptors (Lipinski definition) is 5. The summed E-state index contributed by atoms with van der Waals surface area (Å²) in [6, 6.07) is 3.24. The number of pyridine rings is 1. The molecule has 1 atom stereocenters. The van der Waals surface area contributed by atoms with Crippen LogP contribution in [-0.4, -0.2) is 29.9 Å². The van der Waals surface area contributed by atoms with Crippen LogP contribution in [0.25, 0.3) is 0 Å². The van der Waals surface area contributed by atoms with E-state index in [1.165, 1.54) is 20.1 Å². The molecular weight excluding hydrogens is 232 g/mol. The molecule has 1 aromatic rings. The van der Waals surface area contributed by atoms with Crippen LogP contribution in [0.5, 0.6) is 0 Å². The van der Waals surface area contributed by atoms with Crippen molar-refractivity contribution in [3.8, 4) is 0 Å². The lowest BCUT2D eigenvalue weighted by atomic mass is 10.1. The fraction of sp³-hybridized carbons (Fsp3) is 0.462. The van der Waals surface area contributed by atoms with Crippen molar-refractivity contribution in [3.63, 3.8) is 0 Å². The molecule has 0 radical (unpaired) electrons. The molecule has 0 aliphatic heterocycles. The number of carbonyl (C=O) groups excluding carboxylic acids is 2. The summed E-state index contributed by atoms with van der Waals surface area (Å²) in [5.41, 5.74) is 0.576. The standard InChI is InChI=1S/C13H18N2O3/c1-5-8(2)14-12-7-10(13(17)18-4)6-11(15-12)9(3)16/h6-8H,5H2,1-4H3,(H,14,15)/t8-/m0/s1. The van der Waals surface area contributed by atoms with Gasteiger partial charge in [-0.25, -0.2) is 9.78 Å². The van der Waals surface area contributed by atoms with E-state index in [4.69, 9.17) is 0 Å². The van der Waals surface area contributed by atoms with E-state index in [1.54, 1.807) is 6.07 Å². The minimum Gasteiger partial charge on any atom is -0.465 e. The van der Waals surface area contributed by atoms with E-state index in [9.17, 15) is 9.59 Å². The van der Waals surface area contributed by atoms with Gasteiger partial charge in [0.1, 0.15) is 11.5 Å². The average molecular weight is 250 g/mol. The highest BCUT2D eigenvalue weighted by Crippen LogP contribution is 2.14. The van der Waals surface area contributed by atoms with Crippen LogP contribution in [0.2, 0.25) is 0 Å². The predicted octanol–water partition coefficient (Wildman–Crippen LogP) is 2.28. The highest BCUT2D eigenvalue weighted by Gasteiger charge is 2.13. The number of rotatable bonds is 5. The van der Waals surface area contributed by atoms with Crippen molar-refractivity contribution >= 4 is 17.6 Å². The van der Waals surface area contributed by atoms with Gasteiger partial charge < -0.3 is 10.1 Å². The van der Waals surface area contributed by atoms with Crippen LogP contribution in [0.4, 0.5) is 5.82 Å². The van der Waals surface area contributed by atoms with Crippen molar-refractivity contribution in [2.75, 3.05) is 12.4 Å². The van der Waals surface area contributed by atoms with Crippen LogP contribution in [0.15, 0.2) is 12.1 Å². The van der Waals surface area contributed by atoms with Gasteiger partial charge in [-0.2, -0.15) is 0 Å². The Labute approximate surface area is 107 Å². The molecule has 0 aliphatic carbocycles. The third-order valence-electron chi connectivity index (χ3n) is 2.61. The molecule has 98 valence electrons. The molecule has 1 rings (SSSR count). The molecule has 1 heterocycles. The highest BCUT2D eigenvalue weighted by atomic mass is 16.5. The predicted molar refractivity (Wildman–Crippen MR) is 69.0 cm³/mol. The second-order valence-electron chi connectivity index (χ2n) is 4.13. The van der Waals surface area contributed by atoms with Gasteiger partial charge in [-0.3, -0.25) is 4.79 Å². The first-order chi connectivity index (χ1) is 8.47. The van der Waals surface area contributed by atoms with Gasteiger partial charge in [-0.15, -0.1) is 0 Å². The number of Topliss-reactive ketones (excluding diaryl/α,β-unsaturated/α-hetero) is 1. The minimum absolute atomic E-state index is 0.187. The van der Waals surface area contributed by atoms with Crippen molar-refractivity contribution in [2.24, 2.45) is 0 Å². The summed E-state index contributed by atoms with van der Waals surface area (Å²) in [5, 5.41) is 3.14. The summed E-state index contributed by atoms with van der Waals surface area (Å²) in [6.07, 6.45) is 0.916. The van der Waals surface area contributed by atoms with E-state index in [1.807, 2.05) is 13.8 Å². The van der Waals surface area contributed by atoms with E-state index in [0.717, 1.165) is 6.42 Å². The fourth-order valence-corrected chi connectivity index (χ4v) is 1.38. The lowest BCUT2D eigenvalue weighted by molar-refractivity contribution is 0.0600. The number of nitrogens with one attached hydrogen (secondary N) is 1. The third-order valence-corrected chi connectivity index (χ3v) is 2.61. The molecule has 0 aromatic carbocycles. The molecule has 0 saturated carbocycles. The van der Waals surface area contributed by atoms with Crippen molar-refractivity contribution in [1.82, 2.24) is 4.98 Å². The first kappa shape index (κ1) is 14.2. The lowest BCUT2D eigenvalue weighted by Crippen LogP contribution is -2.16. The van der Waals surface area contributed by atoms with Gasteiger partial charge in [0.05, 0.1) is 12.7 Å². The van der Waals surface area contributed by atoms with Gasteiger partial charge in [0.15, 0.2) is 5.78 Å². The van der Waals surface area contributed by atoms with E-state index >= 15 is 0 Å². The number of ketones is 1. The van der Waals surface area contributed by atoms with Crippen LogP contribution < -0.4 is 5.32 Å². The molecule has 0 spiro atoms. The zero-order chi connectivity index (χ0) is 13.7. The van der Waals surface area contributed by atoms with Gasteiger partial charge in [-0.05, 0) is 25.5 Å². The number of esters is 1. The summed E-state index contributed by atoms with van der Waals surface area (Å²) in [7, 11) is 1.30. The molecule has 1 aromatic heterocycles. The summed E-state index contributed by atoms with van der Waals surface area (Å²) in [6.45, 7) is 5.45. The number of ether oxygens (including phenoxy) is 1. The normalized spacial score (nSPS) is 11.8. The fourth-order valence-electron chi connectivity index (χ4n) is 1.38. The second kappa shape index (κ2) is 6.14. The molecule has 0 amide bonds. The molecule has 1 N–H and O–H groups in total. The summed E-state index contributed by atoms with van der Waals surface area (Å²) in [5.74, 6) is -0.155. The maximum Gasteiger partial charge on any atom is 0.338 e. The summed E-state index contributed by atoms with van der Waals surface area (Å²) < 4.78 is 4.65. The van der Waals surface area contributed by atoms with Crippen LogP contribution in [0.3, 0.4) is 0 Å². The molecule has 5 nitrogen and oxygen atoms in total.